The quantitative estimate of drug-likeness (QED) is 0.174. The molecular formula is C32H38N4O4. The number of para-hydroxylation sites is 1. The minimum absolute atomic E-state index is 0.0737. The molecule has 0 spiro atoms. The first-order valence-electron chi connectivity index (χ1n) is 13.7. The zero-order chi connectivity index (χ0) is 28.7. The van der Waals surface area contributed by atoms with Crippen molar-refractivity contribution in [3.8, 4) is 16.9 Å². The standard InChI is InChI=1S/C32H38N4O4/c1-6-7-12-29-35-26-18-17-24(34-20-30(37)33-5)19-27(26)36(29)21-22-13-15-23(16-14-22)25-10-8-9-11-28(25)39-31(38)40-32(2,3)4/h8-11,13-19,34H,6-7,12,20-21H2,1-5H3,(H,33,37). The van der Waals surface area contributed by atoms with Crippen LogP contribution in [0, 0.1) is 0 Å². The van der Waals surface area contributed by atoms with E-state index in [0.29, 0.717) is 12.3 Å². The Labute approximate surface area is 235 Å². The van der Waals surface area contributed by atoms with Crippen LogP contribution in [0.2, 0.25) is 0 Å². The number of carbonyl (C=O) groups is 2. The van der Waals surface area contributed by atoms with Gasteiger partial charge in [0.1, 0.15) is 17.2 Å². The van der Waals surface area contributed by atoms with Gasteiger partial charge in [0, 0.05) is 31.3 Å². The highest BCUT2D eigenvalue weighted by molar-refractivity contribution is 5.84. The summed E-state index contributed by atoms with van der Waals surface area (Å²) >= 11 is 0. The molecule has 0 saturated heterocycles. The molecule has 0 radical (unpaired) electrons. The molecule has 210 valence electrons. The fraction of sp³-hybridized carbons (Fsp3) is 0.344. The number of amides is 1. The van der Waals surface area contributed by atoms with Crippen molar-refractivity contribution in [1.82, 2.24) is 14.9 Å². The number of hydrogen-bond acceptors (Lipinski definition) is 6. The van der Waals surface area contributed by atoms with E-state index in [1.165, 1.54) is 0 Å². The monoisotopic (exact) mass is 542 g/mol. The number of unbranched alkanes of at least 4 members (excludes halogenated alkanes) is 1. The van der Waals surface area contributed by atoms with Gasteiger partial charge in [0.15, 0.2) is 0 Å². The number of anilines is 1. The lowest BCUT2D eigenvalue weighted by Crippen LogP contribution is -2.26. The van der Waals surface area contributed by atoms with Crippen molar-refractivity contribution in [1.29, 1.82) is 0 Å². The Balaban J connectivity index is 1.59. The van der Waals surface area contributed by atoms with Crippen molar-refractivity contribution in [3.05, 3.63) is 78.1 Å². The molecule has 0 unspecified atom stereocenters. The van der Waals surface area contributed by atoms with Gasteiger partial charge < -0.3 is 24.7 Å². The topological polar surface area (TPSA) is 94.5 Å². The minimum atomic E-state index is -0.729. The zero-order valence-electron chi connectivity index (χ0n) is 23.9. The number of fused-ring (bicyclic) bond motifs is 1. The Morgan fingerprint density at radius 2 is 1.75 bits per heavy atom. The molecule has 4 rings (SSSR count). The van der Waals surface area contributed by atoms with Crippen molar-refractivity contribution in [2.75, 3.05) is 18.9 Å². The van der Waals surface area contributed by atoms with Crippen LogP contribution in [0.1, 0.15) is 51.9 Å². The molecule has 3 aromatic carbocycles. The Kier molecular flexibility index (Phi) is 9.09. The van der Waals surface area contributed by atoms with Crippen molar-refractivity contribution < 1.29 is 19.1 Å². The lowest BCUT2D eigenvalue weighted by Gasteiger charge is -2.19. The first-order chi connectivity index (χ1) is 19.2. The van der Waals surface area contributed by atoms with Gasteiger partial charge in [-0.25, -0.2) is 9.78 Å². The average Bonchev–Trinajstić information content (AvgIpc) is 3.26. The molecule has 1 amide bonds. The molecule has 0 atom stereocenters. The fourth-order valence-corrected chi connectivity index (χ4v) is 4.38. The third-order valence-corrected chi connectivity index (χ3v) is 6.39. The number of likely N-dealkylation sites (N-methyl/N-ethyl adjacent to an activating group) is 1. The molecule has 0 aliphatic heterocycles. The highest BCUT2D eigenvalue weighted by Gasteiger charge is 2.19. The van der Waals surface area contributed by atoms with E-state index in [-0.39, 0.29) is 12.5 Å². The van der Waals surface area contributed by atoms with Gasteiger partial charge in [-0.05, 0) is 62.6 Å². The number of imidazole rings is 1. The number of carbonyl (C=O) groups excluding carboxylic acids is 2. The maximum Gasteiger partial charge on any atom is 0.514 e. The molecule has 0 aliphatic carbocycles. The van der Waals surface area contributed by atoms with Crippen molar-refractivity contribution in [2.45, 2.75) is 59.1 Å². The summed E-state index contributed by atoms with van der Waals surface area (Å²) < 4.78 is 13.1. The van der Waals surface area contributed by atoms with Crippen LogP contribution < -0.4 is 15.4 Å². The van der Waals surface area contributed by atoms with Crippen LogP contribution in [0.25, 0.3) is 22.2 Å². The number of aromatic nitrogens is 2. The predicted molar refractivity (Wildman–Crippen MR) is 159 cm³/mol. The molecule has 8 nitrogen and oxygen atoms in total. The summed E-state index contributed by atoms with van der Waals surface area (Å²) in [6, 6.07) is 21.7. The van der Waals surface area contributed by atoms with E-state index in [9.17, 15) is 9.59 Å². The second-order valence-electron chi connectivity index (χ2n) is 10.7. The fourth-order valence-electron chi connectivity index (χ4n) is 4.38. The molecule has 0 fully saturated rings. The maximum atomic E-state index is 12.3. The van der Waals surface area contributed by atoms with Gasteiger partial charge in [0.05, 0.1) is 17.6 Å². The third-order valence-electron chi connectivity index (χ3n) is 6.39. The molecule has 4 aromatic rings. The molecule has 40 heavy (non-hydrogen) atoms. The highest BCUT2D eigenvalue weighted by Crippen LogP contribution is 2.31. The molecule has 8 heteroatoms. The van der Waals surface area contributed by atoms with Crippen LogP contribution in [0.3, 0.4) is 0 Å². The Morgan fingerprint density at radius 1 is 1.00 bits per heavy atom. The van der Waals surface area contributed by atoms with Gasteiger partial charge in [0.2, 0.25) is 5.91 Å². The first kappa shape index (κ1) is 28.7. The van der Waals surface area contributed by atoms with Crippen LogP contribution in [0.5, 0.6) is 5.75 Å². The number of hydrogen-bond donors (Lipinski definition) is 2. The normalized spacial score (nSPS) is 11.3. The molecule has 2 N–H and O–H groups in total. The summed E-state index contributed by atoms with van der Waals surface area (Å²) in [6.45, 7) is 8.45. The van der Waals surface area contributed by atoms with Gasteiger partial charge in [-0.3, -0.25) is 4.79 Å². The smallest absolute Gasteiger partial charge is 0.428 e. The summed E-state index contributed by atoms with van der Waals surface area (Å²) in [7, 11) is 1.63. The van der Waals surface area contributed by atoms with Gasteiger partial charge in [0.25, 0.3) is 0 Å². The average molecular weight is 543 g/mol. The number of nitrogens with zero attached hydrogens (tertiary/aromatic N) is 2. The molecular weight excluding hydrogens is 504 g/mol. The van der Waals surface area contributed by atoms with Crippen LogP contribution >= 0.6 is 0 Å². The Morgan fingerprint density at radius 3 is 2.45 bits per heavy atom. The summed E-state index contributed by atoms with van der Waals surface area (Å²) in [5, 5.41) is 5.82. The van der Waals surface area contributed by atoms with Crippen molar-refractivity contribution >= 4 is 28.8 Å². The summed E-state index contributed by atoms with van der Waals surface area (Å²) in [5.41, 5.74) is 5.05. The summed E-state index contributed by atoms with van der Waals surface area (Å²) in [6.07, 6.45) is 2.30. The molecule has 1 heterocycles. The second-order valence-corrected chi connectivity index (χ2v) is 10.7. The number of aryl methyl sites for hydroxylation is 1. The maximum absolute atomic E-state index is 12.3. The second kappa shape index (κ2) is 12.7. The number of ether oxygens (including phenoxy) is 2. The van der Waals surface area contributed by atoms with Crippen LogP contribution in [0.4, 0.5) is 10.5 Å². The van der Waals surface area contributed by atoms with Gasteiger partial charge in [-0.15, -0.1) is 0 Å². The van der Waals surface area contributed by atoms with Gasteiger partial charge in [-0.2, -0.15) is 0 Å². The number of nitrogens with one attached hydrogen (secondary N) is 2. The Bertz CT molecular complexity index is 1470. The van der Waals surface area contributed by atoms with Crippen molar-refractivity contribution in [2.24, 2.45) is 0 Å². The van der Waals surface area contributed by atoms with Crippen LogP contribution in [-0.2, 0) is 22.5 Å². The minimum Gasteiger partial charge on any atom is -0.428 e. The Hall–Kier alpha value is -4.33. The van der Waals surface area contributed by atoms with E-state index < -0.39 is 11.8 Å². The van der Waals surface area contributed by atoms with Gasteiger partial charge in [-0.1, -0.05) is 55.8 Å². The van der Waals surface area contributed by atoms with E-state index in [0.717, 1.165) is 58.5 Å². The number of rotatable bonds is 10. The SMILES string of the molecule is CCCCc1nc2ccc(NCC(=O)NC)cc2n1Cc1ccc(-c2ccccc2OC(=O)OC(C)(C)C)cc1. The van der Waals surface area contributed by atoms with E-state index >= 15 is 0 Å². The van der Waals surface area contributed by atoms with E-state index in [1.807, 2.05) is 42.5 Å². The lowest BCUT2D eigenvalue weighted by atomic mass is 10.0. The van der Waals surface area contributed by atoms with E-state index in [1.54, 1.807) is 33.9 Å². The molecule has 1 aromatic heterocycles. The van der Waals surface area contributed by atoms with Crippen LogP contribution in [0.15, 0.2) is 66.7 Å². The largest absolute Gasteiger partial charge is 0.514 e. The molecule has 0 aliphatic rings. The van der Waals surface area contributed by atoms with Gasteiger partial charge >= 0.3 is 6.16 Å². The highest BCUT2D eigenvalue weighted by atomic mass is 16.7. The number of benzene rings is 3. The van der Waals surface area contributed by atoms with E-state index in [4.69, 9.17) is 14.5 Å². The molecule has 0 bridgehead atoms. The van der Waals surface area contributed by atoms with E-state index in [2.05, 4.69) is 40.3 Å². The summed E-state index contributed by atoms with van der Waals surface area (Å²) in [4.78, 5) is 28.9. The zero-order valence-corrected chi connectivity index (χ0v) is 23.9. The third kappa shape index (κ3) is 7.40. The van der Waals surface area contributed by atoms with Crippen LogP contribution in [-0.4, -0.2) is 40.8 Å². The first-order valence-corrected chi connectivity index (χ1v) is 13.7. The lowest BCUT2D eigenvalue weighted by molar-refractivity contribution is -0.118. The predicted octanol–water partition coefficient (Wildman–Crippen LogP) is 6.57. The van der Waals surface area contributed by atoms with Crippen molar-refractivity contribution in [3.63, 3.8) is 0 Å². The molecule has 0 saturated carbocycles. The summed E-state index contributed by atoms with van der Waals surface area (Å²) in [5.74, 6) is 1.42.